The number of aliphatic imine (C=N–C) groups is 1. The molecule has 0 fully saturated rings. The second kappa shape index (κ2) is 7.67. The van der Waals surface area contributed by atoms with Crippen LogP contribution in [-0.4, -0.2) is 26.8 Å². The number of rotatable bonds is 6. The zero-order valence-corrected chi connectivity index (χ0v) is 16.0. The molecule has 8 heteroatoms. The Morgan fingerprint density at radius 2 is 2.03 bits per heavy atom. The molecule has 4 aromatic rings. The number of aromatic carboxylic acids is 1. The fourth-order valence-electron chi connectivity index (χ4n) is 3.29. The van der Waals surface area contributed by atoms with Gasteiger partial charge in [-0.3, -0.25) is 15.1 Å². The summed E-state index contributed by atoms with van der Waals surface area (Å²) in [6.45, 7) is 2.15. The molecule has 0 aliphatic rings. The Morgan fingerprint density at radius 3 is 2.73 bits per heavy atom. The minimum absolute atomic E-state index is 0.0298. The van der Waals surface area contributed by atoms with Gasteiger partial charge in [0.2, 0.25) is 5.76 Å². The molecule has 0 spiro atoms. The van der Waals surface area contributed by atoms with Crippen molar-refractivity contribution in [2.75, 3.05) is 0 Å². The highest BCUT2D eigenvalue weighted by molar-refractivity contribution is 6.00. The van der Waals surface area contributed by atoms with Gasteiger partial charge in [0, 0.05) is 41.0 Å². The summed E-state index contributed by atoms with van der Waals surface area (Å²) in [6.07, 6.45) is 3.63. The number of carboxylic acid groups (broad SMARTS) is 1. The summed E-state index contributed by atoms with van der Waals surface area (Å²) >= 11 is 0. The number of nitro groups is 1. The van der Waals surface area contributed by atoms with E-state index >= 15 is 0 Å². The van der Waals surface area contributed by atoms with E-state index in [-0.39, 0.29) is 11.4 Å². The van der Waals surface area contributed by atoms with Crippen LogP contribution in [0.4, 0.5) is 11.4 Å². The number of non-ortho nitro benzene ring substituents is 1. The first-order valence-corrected chi connectivity index (χ1v) is 9.11. The van der Waals surface area contributed by atoms with Crippen molar-refractivity contribution in [3.8, 4) is 0 Å². The first-order chi connectivity index (χ1) is 14.4. The lowest BCUT2D eigenvalue weighted by atomic mass is 10.1. The lowest BCUT2D eigenvalue weighted by Crippen LogP contribution is -1.97. The number of hydrogen-bond donors (Lipinski definition) is 1. The number of carbonyl (C=O) groups is 1. The second-order valence-corrected chi connectivity index (χ2v) is 6.79. The van der Waals surface area contributed by atoms with Gasteiger partial charge in [-0.05, 0) is 36.8 Å². The minimum atomic E-state index is -1.11. The summed E-state index contributed by atoms with van der Waals surface area (Å²) in [5, 5.41) is 20.9. The van der Waals surface area contributed by atoms with Crippen molar-refractivity contribution in [2.45, 2.75) is 13.5 Å². The highest BCUT2D eigenvalue weighted by atomic mass is 16.6. The fraction of sp³-hybridized carbons (Fsp3) is 0.0909. The Balaban J connectivity index is 1.67. The van der Waals surface area contributed by atoms with Crippen molar-refractivity contribution >= 4 is 34.5 Å². The highest BCUT2D eigenvalue weighted by Gasteiger charge is 2.12. The Morgan fingerprint density at radius 1 is 1.23 bits per heavy atom. The normalized spacial score (nSPS) is 11.4. The number of aromatic nitrogens is 1. The molecule has 30 heavy (non-hydrogen) atoms. The van der Waals surface area contributed by atoms with Crippen LogP contribution in [0.15, 0.2) is 70.2 Å². The van der Waals surface area contributed by atoms with Crippen molar-refractivity contribution in [3.05, 3.63) is 93.6 Å². The number of furan rings is 1. The minimum Gasteiger partial charge on any atom is -0.475 e. The maximum absolute atomic E-state index is 11.0. The molecule has 2 aromatic heterocycles. The molecule has 2 heterocycles. The second-order valence-electron chi connectivity index (χ2n) is 6.79. The topological polar surface area (TPSA) is 111 Å². The van der Waals surface area contributed by atoms with Gasteiger partial charge in [0.05, 0.1) is 17.2 Å². The zero-order chi connectivity index (χ0) is 21.3. The summed E-state index contributed by atoms with van der Waals surface area (Å²) in [6, 6.07) is 15.4. The first kappa shape index (κ1) is 19.1. The van der Waals surface area contributed by atoms with E-state index in [1.807, 2.05) is 35.0 Å². The molecule has 0 radical (unpaired) electrons. The molecule has 0 amide bonds. The third-order valence-electron chi connectivity index (χ3n) is 4.75. The number of para-hydroxylation sites is 1. The average molecular weight is 403 g/mol. The van der Waals surface area contributed by atoms with E-state index in [1.165, 1.54) is 18.2 Å². The molecule has 0 aliphatic heterocycles. The predicted octanol–water partition coefficient (Wildman–Crippen LogP) is 4.95. The van der Waals surface area contributed by atoms with Crippen LogP contribution in [0.25, 0.3) is 10.9 Å². The molecule has 0 bridgehead atoms. The zero-order valence-electron chi connectivity index (χ0n) is 16.0. The van der Waals surface area contributed by atoms with Gasteiger partial charge in [0.15, 0.2) is 0 Å². The van der Waals surface area contributed by atoms with Crippen molar-refractivity contribution in [3.63, 3.8) is 0 Å². The molecule has 4 rings (SSSR count). The maximum atomic E-state index is 11.0. The largest absolute Gasteiger partial charge is 0.475 e. The van der Waals surface area contributed by atoms with Gasteiger partial charge in [0.1, 0.15) is 5.76 Å². The highest BCUT2D eigenvalue weighted by Crippen LogP contribution is 2.26. The van der Waals surface area contributed by atoms with E-state index in [4.69, 9.17) is 9.52 Å². The molecular formula is C22H17N3O5. The van der Waals surface area contributed by atoms with Gasteiger partial charge < -0.3 is 14.1 Å². The molecule has 0 unspecified atom stereocenters. The van der Waals surface area contributed by atoms with Gasteiger partial charge in [0.25, 0.3) is 5.69 Å². The predicted molar refractivity (Wildman–Crippen MR) is 112 cm³/mol. The summed E-state index contributed by atoms with van der Waals surface area (Å²) in [5.74, 6) is -0.676. The van der Waals surface area contributed by atoms with Crippen LogP contribution in [0.5, 0.6) is 0 Å². The van der Waals surface area contributed by atoms with Crippen molar-refractivity contribution in [2.24, 2.45) is 4.99 Å². The number of nitro benzene ring substituents is 1. The fourth-order valence-corrected chi connectivity index (χ4v) is 3.29. The monoisotopic (exact) mass is 403 g/mol. The standard InChI is InChI=1S/C22H17N3O5/c1-14-10-16(25(28)29)6-8-19(14)23-11-15-12-24(20-5-3-2-4-18(15)20)13-17-7-9-21(30-17)22(26)27/h2-12H,13H2,1H3,(H,26,27). The molecule has 0 aliphatic carbocycles. The summed E-state index contributed by atoms with van der Waals surface area (Å²) < 4.78 is 7.34. The van der Waals surface area contributed by atoms with Crippen LogP contribution >= 0.6 is 0 Å². The number of nitrogens with zero attached hydrogens (tertiary/aromatic N) is 3. The lowest BCUT2D eigenvalue weighted by molar-refractivity contribution is -0.384. The van der Waals surface area contributed by atoms with E-state index < -0.39 is 10.9 Å². The molecular weight excluding hydrogens is 386 g/mol. The summed E-state index contributed by atoms with van der Waals surface area (Å²) in [5.41, 5.74) is 3.21. The van der Waals surface area contributed by atoms with E-state index in [1.54, 1.807) is 25.3 Å². The van der Waals surface area contributed by atoms with Crippen LogP contribution in [-0.2, 0) is 6.54 Å². The quantitative estimate of drug-likeness (QED) is 0.278. The Hall–Kier alpha value is -4.20. The van der Waals surface area contributed by atoms with Crippen LogP contribution in [0.3, 0.4) is 0 Å². The van der Waals surface area contributed by atoms with Crippen molar-refractivity contribution in [1.29, 1.82) is 0 Å². The Bertz CT molecular complexity index is 1300. The van der Waals surface area contributed by atoms with E-state index in [0.29, 0.717) is 23.6 Å². The smallest absolute Gasteiger partial charge is 0.371 e. The van der Waals surface area contributed by atoms with E-state index in [2.05, 4.69) is 4.99 Å². The van der Waals surface area contributed by atoms with Crippen molar-refractivity contribution < 1.29 is 19.2 Å². The van der Waals surface area contributed by atoms with Gasteiger partial charge >= 0.3 is 5.97 Å². The number of carboxylic acids is 1. The van der Waals surface area contributed by atoms with Gasteiger partial charge in [-0.25, -0.2) is 4.79 Å². The number of fused-ring (bicyclic) bond motifs is 1. The number of benzene rings is 2. The SMILES string of the molecule is Cc1cc([N+](=O)[O-])ccc1N=Cc1cn(Cc2ccc(C(=O)O)o2)c2ccccc12. The van der Waals surface area contributed by atoms with Crippen LogP contribution in [0.2, 0.25) is 0 Å². The number of aryl methyl sites for hydroxylation is 1. The Kier molecular flexibility index (Phi) is 4.89. The van der Waals surface area contributed by atoms with E-state index in [9.17, 15) is 14.9 Å². The maximum Gasteiger partial charge on any atom is 0.371 e. The van der Waals surface area contributed by atoms with Crippen LogP contribution in [0.1, 0.15) is 27.4 Å². The Labute approximate surface area is 170 Å². The van der Waals surface area contributed by atoms with Crippen LogP contribution < -0.4 is 0 Å². The van der Waals surface area contributed by atoms with E-state index in [0.717, 1.165) is 16.5 Å². The number of hydrogen-bond acceptors (Lipinski definition) is 5. The molecule has 8 nitrogen and oxygen atoms in total. The van der Waals surface area contributed by atoms with Gasteiger partial charge in [-0.2, -0.15) is 0 Å². The third kappa shape index (κ3) is 3.70. The van der Waals surface area contributed by atoms with Gasteiger partial charge in [-0.1, -0.05) is 18.2 Å². The van der Waals surface area contributed by atoms with Crippen molar-refractivity contribution in [1.82, 2.24) is 4.57 Å². The summed E-state index contributed by atoms with van der Waals surface area (Å²) in [4.78, 5) is 26.0. The molecule has 150 valence electrons. The molecule has 1 N–H and O–H groups in total. The lowest BCUT2D eigenvalue weighted by Gasteiger charge is -2.02. The van der Waals surface area contributed by atoms with Gasteiger partial charge in [-0.15, -0.1) is 0 Å². The average Bonchev–Trinajstić information content (AvgIpc) is 3.33. The molecule has 0 saturated heterocycles. The first-order valence-electron chi connectivity index (χ1n) is 9.11. The molecule has 0 saturated carbocycles. The third-order valence-corrected chi connectivity index (χ3v) is 4.75. The molecule has 2 aromatic carbocycles. The molecule has 0 atom stereocenters. The summed E-state index contributed by atoms with van der Waals surface area (Å²) in [7, 11) is 0. The van der Waals surface area contributed by atoms with Crippen LogP contribution in [0, 0.1) is 17.0 Å².